The van der Waals surface area contributed by atoms with Crippen LogP contribution in [0.25, 0.3) is 0 Å². The molecule has 2 unspecified atom stereocenters. The largest absolute Gasteiger partial charge is 0.244 e. The second kappa shape index (κ2) is 8.04. The fourth-order valence-electron chi connectivity index (χ4n) is 2.57. The number of halogens is 1. The number of imidazole rings is 1. The molecule has 20 heavy (non-hydrogen) atoms. The molecular formula is C16H31ClN3+. The lowest BCUT2D eigenvalue weighted by molar-refractivity contribution is -0.694. The SMILES string of the molecule is CCC(C)CCC(n1cc[n+](CCNCl)c1)C(C)(C)C. The lowest BCUT2D eigenvalue weighted by Gasteiger charge is -2.28. The summed E-state index contributed by atoms with van der Waals surface area (Å²) < 4.78 is 4.56. The van der Waals surface area contributed by atoms with E-state index in [1.807, 2.05) is 0 Å². The number of nitrogens with one attached hydrogen (secondary N) is 1. The van der Waals surface area contributed by atoms with Crippen molar-refractivity contribution in [3.63, 3.8) is 0 Å². The summed E-state index contributed by atoms with van der Waals surface area (Å²) in [6.45, 7) is 13.3. The highest BCUT2D eigenvalue weighted by molar-refractivity contribution is 6.13. The van der Waals surface area contributed by atoms with E-state index >= 15 is 0 Å². The van der Waals surface area contributed by atoms with Gasteiger partial charge in [0.2, 0.25) is 6.33 Å². The third-order valence-corrected chi connectivity index (χ3v) is 4.35. The smallest absolute Gasteiger partial charge is 0.235 e. The number of rotatable bonds is 8. The summed E-state index contributed by atoms with van der Waals surface area (Å²) in [4.78, 5) is 2.67. The summed E-state index contributed by atoms with van der Waals surface area (Å²) >= 11 is 5.52. The number of aromatic nitrogens is 2. The first-order chi connectivity index (χ1) is 9.38. The second-order valence-corrected chi connectivity index (χ2v) is 7.22. The number of hydrogen-bond donors (Lipinski definition) is 1. The van der Waals surface area contributed by atoms with Gasteiger partial charge in [-0.2, -0.15) is 0 Å². The molecule has 0 bridgehead atoms. The zero-order valence-corrected chi connectivity index (χ0v) is 14.5. The summed E-state index contributed by atoms with van der Waals surface area (Å²) in [5.74, 6) is 0.808. The Morgan fingerprint density at radius 2 is 2.00 bits per heavy atom. The first kappa shape index (κ1) is 17.5. The van der Waals surface area contributed by atoms with Crippen LogP contribution in [0.4, 0.5) is 0 Å². The van der Waals surface area contributed by atoms with Gasteiger partial charge in [0.15, 0.2) is 0 Å². The Hall–Kier alpha value is -0.540. The van der Waals surface area contributed by atoms with Crippen molar-refractivity contribution in [1.29, 1.82) is 0 Å². The van der Waals surface area contributed by atoms with Gasteiger partial charge in [-0.05, 0) is 30.5 Å². The van der Waals surface area contributed by atoms with Gasteiger partial charge in [0.25, 0.3) is 0 Å². The van der Waals surface area contributed by atoms with Crippen LogP contribution < -0.4 is 9.40 Å². The van der Waals surface area contributed by atoms with E-state index in [-0.39, 0.29) is 5.41 Å². The molecule has 4 heteroatoms. The van der Waals surface area contributed by atoms with Crippen LogP contribution in [0.15, 0.2) is 18.7 Å². The Morgan fingerprint density at radius 1 is 1.30 bits per heavy atom. The average Bonchev–Trinajstić information content (AvgIpc) is 2.83. The molecule has 0 saturated carbocycles. The molecule has 1 aromatic rings. The molecular weight excluding hydrogens is 270 g/mol. The van der Waals surface area contributed by atoms with Gasteiger partial charge in [0.1, 0.15) is 25.0 Å². The highest BCUT2D eigenvalue weighted by Crippen LogP contribution is 2.35. The maximum atomic E-state index is 5.52. The molecule has 0 aliphatic carbocycles. The first-order valence-corrected chi connectivity index (χ1v) is 8.16. The predicted octanol–water partition coefficient (Wildman–Crippen LogP) is 3.93. The normalized spacial score (nSPS) is 15.3. The molecule has 0 fully saturated rings. The van der Waals surface area contributed by atoms with E-state index in [2.05, 4.69) is 67.3 Å². The van der Waals surface area contributed by atoms with Crippen molar-refractivity contribution in [3.8, 4) is 0 Å². The average molecular weight is 301 g/mol. The standard InChI is InChI=1S/C16H31ClN3/c1-6-14(2)7-8-15(16(3,4)5)20-12-11-19(13-20)10-9-18-17/h11-15,18H,6-10H2,1-5H3/q+1. The van der Waals surface area contributed by atoms with Gasteiger partial charge < -0.3 is 0 Å². The molecule has 116 valence electrons. The van der Waals surface area contributed by atoms with Crippen LogP contribution in [-0.4, -0.2) is 11.1 Å². The number of hydrogen-bond acceptors (Lipinski definition) is 1. The van der Waals surface area contributed by atoms with Crippen molar-refractivity contribution in [3.05, 3.63) is 18.7 Å². The van der Waals surface area contributed by atoms with Gasteiger partial charge in [-0.15, -0.1) is 0 Å². The van der Waals surface area contributed by atoms with Gasteiger partial charge in [-0.3, -0.25) is 0 Å². The summed E-state index contributed by atoms with van der Waals surface area (Å²) in [5, 5.41) is 0. The van der Waals surface area contributed by atoms with E-state index in [1.165, 1.54) is 19.3 Å². The lowest BCUT2D eigenvalue weighted by atomic mass is 9.82. The van der Waals surface area contributed by atoms with Crippen LogP contribution in [0, 0.1) is 11.3 Å². The van der Waals surface area contributed by atoms with Crippen molar-refractivity contribution < 1.29 is 4.57 Å². The Bertz CT molecular complexity index is 381. The van der Waals surface area contributed by atoms with Gasteiger partial charge >= 0.3 is 0 Å². The van der Waals surface area contributed by atoms with Gasteiger partial charge in [-0.1, -0.05) is 41.0 Å². The van der Waals surface area contributed by atoms with Crippen molar-refractivity contribution in [2.75, 3.05) is 6.54 Å². The minimum atomic E-state index is 0.273. The Kier molecular flexibility index (Phi) is 7.04. The van der Waals surface area contributed by atoms with Gasteiger partial charge in [0.05, 0.1) is 0 Å². The molecule has 3 nitrogen and oxygen atoms in total. The topological polar surface area (TPSA) is 20.8 Å². The highest BCUT2D eigenvalue weighted by atomic mass is 35.5. The fraction of sp³-hybridized carbons (Fsp3) is 0.812. The third-order valence-electron chi connectivity index (χ3n) is 4.17. The molecule has 1 rings (SSSR count). The maximum absolute atomic E-state index is 5.52. The van der Waals surface area contributed by atoms with Gasteiger partial charge in [0, 0.05) is 12.0 Å². The van der Waals surface area contributed by atoms with Crippen LogP contribution in [0.3, 0.4) is 0 Å². The minimum absolute atomic E-state index is 0.273. The molecule has 0 saturated heterocycles. The third kappa shape index (κ3) is 5.45. The second-order valence-electron chi connectivity index (χ2n) is 6.95. The molecule has 1 heterocycles. The van der Waals surface area contributed by atoms with E-state index < -0.39 is 0 Å². The van der Waals surface area contributed by atoms with Crippen molar-refractivity contribution >= 4 is 11.8 Å². The zero-order chi connectivity index (χ0) is 15.2. The highest BCUT2D eigenvalue weighted by Gasteiger charge is 2.30. The summed E-state index contributed by atoms with van der Waals surface area (Å²) in [7, 11) is 0. The molecule has 0 amide bonds. The quantitative estimate of drug-likeness (QED) is 0.570. The van der Waals surface area contributed by atoms with Crippen molar-refractivity contribution in [2.45, 2.75) is 66.5 Å². The van der Waals surface area contributed by atoms with Crippen LogP contribution >= 0.6 is 11.8 Å². The molecule has 0 aromatic carbocycles. The van der Waals surface area contributed by atoms with Crippen molar-refractivity contribution in [1.82, 2.24) is 9.40 Å². The van der Waals surface area contributed by atoms with E-state index in [1.54, 1.807) is 0 Å². The van der Waals surface area contributed by atoms with Gasteiger partial charge in [-0.25, -0.2) is 14.0 Å². The monoisotopic (exact) mass is 300 g/mol. The fourth-order valence-corrected chi connectivity index (χ4v) is 2.66. The molecule has 1 N–H and O–H groups in total. The Morgan fingerprint density at radius 3 is 2.55 bits per heavy atom. The maximum Gasteiger partial charge on any atom is 0.244 e. The van der Waals surface area contributed by atoms with E-state index in [0.717, 1.165) is 19.0 Å². The zero-order valence-electron chi connectivity index (χ0n) is 13.7. The summed E-state index contributed by atoms with van der Waals surface area (Å²) in [6.07, 6.45) is 10.3. The molecule has 1 aromatic heterocycles. The van der Waals surface area contributed by atoms with E-state index in [9.17, 15) is 0 Å². The summed E-state index contributed by atoms with van der Waals surface area (Å²) in [6, 6.07) is 0.543. The van der Waals surface area contributed by atoms with E-state index in [4.69, 9.17) is 11.8 Å². The lowest BCUT2D eigenvalue weighted by Crippen LogP contribution is -2.36. The first-order valence-electron chi connectivity index (χ1n) is 7.78. The predicted molar refractivity (Wildman–Crippen MR) is 85.7 cm³/mol. The Balaban J connectivity index is 2.75. The molecule has 2 atom stereocenters. The molecule has 0 radical (unpaired) electrons. The van der Waals surface area contributed by atoms with Crippen LogP contribution in [0.1, 0.15) is 59.9 Å². The number of nitrogens with zero attached hydrogens (tertiary/aromatic N) is 2. The van der Waals surface area contributed by atoms with Crippen LogP contribution in [0.2, 0.25) is 0 Å². The van der Waals surface area contributed by atoms with E-state index in [0.29, 0.717) is 6.04 Å². The minimum Gasteiger partial charge on any atom is -0.235 e. The summed E-state index contributed by atoms with van der Waals surface area (Å²) in [5.41, 5.74) is 0.273. The molecule has 0 aliphatic heterocycles. The van der Waals surface area contributed by atoms with Crippen LogP contribution in [-0.2, 0) is 6.54 Å². The van der Waals surface area contributed by atoms with Crippen LogP contribution in [0.5, 0.6) is 0 Å². The molecule has 0 aliphatic rings. The Labute approximate surface area is 129 Å². The molecule has 0 spiro atoms. The van der Waals surface area contributed by atoms with Crippen molar-refractivity contribution in [2.24, 2.45) is 11.3 Å².